The Balaban J connectivity index is 1.91. The van der Waals surface area contributed by atoms with E-state index in [0.717, 1.165) is 31.5 Å². The number of hydrogen-bond acceptors (Lipinski definition) is 3. The Labute approximate surface area is 117 Å². The fourth-order valence-corrected chi connectivity index (χ4v) is 3.04. The SMILES string of the molecule is OCC1(CNCc2cc(Br)c(O)c(Br)c2)CC1. The molecule has 5 heteroatoms. The zero-order valence-corrected chi connectivity index (χ0v) is 12.5. The van der Waals surface area contributed by atoms with Gasteiger partial charge in [0, 0.05) is 25.1 Å². The van der Waals surface area contributed by atoms with E-state index >= 15 is 0 Å². The predicted molar refractivity (Wildman–Crippen MR) is 74.0 cm³/mol. The largest absolute Gasteiger partial charge is 0.506 e. The van der Waals surface area contributed by atoms with E-state index in [2.05, 4.69) is 37.2 Å². The van der Waals surface area contributed by atoms with Crippen LogP contribution in [0.25, 0.3) is 0 Å². The predicted octanol–water partition coefficient (Wildman–Crippen LogP) is 2.78. The molecule has 0 radical (unpaired) electrons. The minimum atomic E-state index is 0.130. The summed E-state index contributed by atoms with van der Waals surface area (Å²) in [5.41, 5.74) is 1.22. The Bertz CT molecular complexity index is 396. The summed E-state index contributed by atoms with van der Waals surface area (Å²) in [6.07, 6.45) is 2.22. The van der Waals surface area contributed by atoms with Crippen LogP contribution in [0.2, 0.25) is 0 Å². The van der Waals surface area contributed by atoms with Gasteiger partial charge in [0.25, 0.3) is 0 Å². The molecule has 0 unspecified atom stereocenters. The topological polar surface area (TPSA) is 52.5 Å². The molecule has 1 saturated carbocycles. The summed E-state index contributed by atoms with van der Waals surface area (Å²) in [4.78, 5) is 0. The van der Waals surface area contributed by atoms with Gasteiger partial charge in [0.05, 0.1) is 8.95 Å². The summed E-state index contributed by atoms with van der Waals surface area (Å²) in [5.74, 6) is 0.225. The number of phenolic OH excluding ortho intramolecular Hbond substituents is 1. The van der Waals surface area contributed by atoms with Gasteiger partial charge in [-0.3, -0.25) is 0 Å². The number of aromatic hydroxyl groups is 1. The van der Waals surface area contributed by atoms with Crippen LogP contribution in [0.5, 0.6) is 5.75 Å². The second-order valence-electron chi connectivity index (χ2n) is 4.67. The highest BCUT2D eigenvalue weighted by atomic mass is 79.9. The maximum Gasteiger partial charge on any atom is 0.143 e. The van der Waals surface area contributed by atoms with E-state index in [-0.39, 0.29) is 17.8 Å². The molecule has 1 aromatic carbocycles. The Hall–Kier alpha value is -0.100. The van der Waals surface area contributed by atoms with Crippen molar-refractivity contribution in [3.63, 3.8) is 0 Å². The van der Waals surface area contributed by atoms with Crippen LogP contribution < -0.4 is 5.32 Å². The first-order valence-corrected chi connectivity index (χ1v) is 7.13. The third-order valence-electron chi connectivity index (χ3n) is 3.20. The van der Waals surface area contributed by atoms with E-state index < -0.39 is 0 Å². The van der Waals surface area contributed by atoms with Crippen molar-refractivity contribution < 1.29 is 10.2 Å². The molecule has 0 atom stereocenters. The van der Waals surface area contributed by atoms with Crippen LogP contribution in [0.1, 0.15) is 18.4 Å². The monoisotopic (exact) mass is 363 g/mol. The van der Waals surface area contributed by atoms with Crippen LogP contribution in [0.3, 0.4) is 0 Å². The van der Waals surface area contributed by atoms with E-state index in [9.17, 15) is 10.2 Å². The van der Waals surface area contributed by atoms with Crippen LogP contribution in [0.15, 0.2) is 21.1 Å². The fraction of sp³-hybridized carbons (Fsp3) is 0.500. The molecule has 3 N–H and O–H groups in total. The summed E-state index contributed by atoms with van der Waals surface area (Å²) in [7, 11) is 0. The molecular weight excluding hydrogens is 350 g/mol. The fourth-order valence-electron chi connectivity index (χ4n) is 1.76. The van der Waals surface area contributed by atoms with E-state index in [1.807, 2.05) is 12.1 Å². The van der Waals surface area contributed by atoms with E-state index in [0.29, 0.717) is 8.95 Å². The van der Waals surface area contributed by atoms with Crippen molar-refractivity contribution in [2.75, 3.05) is 13.2 Å². The normalized spacial score (nSPS) is 17.1. The maximum absolute atomic E-state index is 9.59. The minimum Gasteiger partial charge on any atom is -0.506 e. The second kappa shape index (κ2) is 5.26. The van der Waals surface area contributed by atoms with Gasteiger partial charge in [-0.1, -0.05) is 0 Å². The van der Waals surface area contributed by atoms with Gasteiger partial charge in [-0.2, -0.15) is 0 Å². The van der Waals surface area contributed by atoms with Gasteiger partial charge in [-0.05, 0) is 62.4 Å². The molecule has 0 heterocycles. The van der Waals surface area contributed by atoms with E-state index in [1.54, 1.807) is 0 Å². The summed E-state index contributed by atoms with van der Waals surface area (Å²) in [6.45, 7) is 1.85. The summed E-state index contributed by atoms with van der Waals surface area (Å²) in [6, 6.07) is 3.79. The molecule has 17 heavy (non-hydrogen) atoms. The lowest BCUT2D eigenvalue weighted by atomic mass is 10.1. The Kier molecular flexibility index (Phi) is 4.13. The third-order valence-corrected chi connectivity index (χ3v) is 4.41. The van der Waals surface area contributed by atoms with Crippen LogP contribution in [0.4, 0.5) is 0 Å². The molecule has 0 spiro atoms. The Morgan fingerprint density at radius 2 is 1.82 bits per heavy atom. The lowest BCUT2D eigenvalue weighted by Crippen LogP contribution is -2.26. The van der Waals surface area contributed by atoms with Gasteiger partial charge >= 0.3 is 0 Å². The second-order valence-corrected chi connectivity index (χ2v) is 6.38. The number of hydrogen-bond donors (Lipinski definition) is 3. The number of aliphatic hydroxyl groups is 1. The highest BCUT2D eigenvalue weighted by Crippen LogP contribution is 2.44. The van der Waals surface area contributed by atoms with Crippen molar-refractivity contribution in [1.29, 1.82) is 0 Å². The van der Waals surface area contributed by atoms with Gasteiger partial charge < -0.3 is 15.5 Å². The van der Waals surface area contributed by atoms with E-state index in [4.69, 9.17) is 0 Å². The van der Waals surface area contributed by atoms with E-state index in [1.165, 1.54) is 0 Å². The van der Waals surface area contributed by atoms with Crippen molar-refractivity contribution in [1.82, 2.24) is 5.32 Å². The molecule has 0 aromatic heterocycles. The summed E-state index contributed by atoms with van der Waals surface area (Å²) < 4.78 is 1.37. The van der Waals surface area contributed by atoms with Crippen LogP contribution in [-0.2, 0) is 6.54 Å². The Morgan fingerprint density at radius 3 is 2.29 bits per heavy atom. The number of benzene rings is 1. The molecule has 1 fully saturated rings. The highest BCUT2D eigenvalue weighted by molar-refractivity contribution is 9.11. The summed E-state index contributed by atoms with van der Waals surface area (Å²) >= 11 is 6.61. The van der Waals surface area contributed by atoms with Crippen LogP contribution >= 0.6 is 31.9 Å². The van der Waals surface area contributed by atoms with Crippen LogP contribution in [0, 0.1) is 5.41 Å². The molecule has 0 aliphatic heterocycles. The first-order chi connectivity index (χ1) is 8.06. The zero-order valence-electron chi connectivity index (χ0n) is 9.34. The number of rotatable bonds is 5. The molecule has 3 nitrogen and oxygen atoms in total. The smallest absolute Gasteiger partial charge is 0.143 e. The summed E-state index contributed by atoms with van der Waals surface area (Å²) in [5, 5.41) is 22.1. The lowest BCUT2D eigenvalue weighted by Gasteiger charge is -2.13. The van der Waals surface area contributed by atoms with Crippen molar-refractivity contribution in [3.05, 3.63) is 26.6 Å². The molecule has 2 rings (SSSR count). The van der Waals surface area contributed by atoms with Gasteiger partial charge in [-0.25, -0.2) is 0 Å². The molecule has 1 aliphatic carbocycles. The molecule has 0 amide bonds. The van der Waals surface area contributed by atoms with Crippen molar-refractivity contribution >= 4 is 31.9 Å². The average Bonchev–Trinajstić information content (AvgIpc) is 3.06. The number of nitrogens with one attached hydrogen (secondary N) is 1. The maximum atomic E-state index is 9.59. The molecule has 1 aromatic rings. The standard InChI is InChI=1S/C12H15Br2NO2/c13-9-3-8(4-10(14)11(9)17)5-15-6-12(7-16)1-2-12/h3-4,15-17H,1-2,5-7H2. The number of halogens is 2. The number of aliphatic hydroxyl groups excluding tert-OH is 1. The van der Waals surface area contributed by atoms with Gasteiger partial charge in [0.1, 0.15) is 5.75 Å². The number of phenols is 1. The lowest BCUT2D eigenvalue weighted by molar-refractivity contribution is 0.207. The van der Waals surface area contributed by atoms with Gasteiger partial charge in [0.2, 0.25) is 0 Å². The van der Waals surface area contributed by atoms with Crippen LogP contribution in [-0.4, -0.2) is 23.4 Å². The van der Waals surface area contributed by atoms with Crippen molar-refractivity contribution in [3.8, 4) is 5.75 Å². The molecule has 94 valence electrons. The first-order valence-electron chi connectivity index (χ1n) is 5.55. The Morgan fingerprint density at radius 1 is 1.24 bits per heavy atom. The third kappa shape index (κ3) is 3.22. The molecule has 1 aliphatic rings. The molecule has 0 bridgehead atoms. The average molecular weight is 365 g/mol. The molecule has 0 saturated heterocycles. The quantitative estimate of drug-likeness (QED) is 0.753. The van der Waals surface area contributed by atoms with Gasteiger partial charge in [0.15, 0.2) is 0 Å². The minimum absolute atomic E-state index is 0.130. The first kappa shape index (κ1) is 13.3. The molecular formula is C12H15Br2NO2. The van der Waals surface area contributed by atoms with Crippen molar-refractivity contribution in [2.24, 2.45) is 5.41 Å². The zero-order chi connectivity index (χ0) is 12.5. The van der Waals surface area contributed by atoms with Crippen molar-refractivity contribution in [2.45, 2.75) is 19.4 Å². The highest BCUT2D eigenvalue weighted by Gasteiger charge is 2.41. The van der Waals surface area contributed by atoms with Gasteiger partial charge in [-0.15, -0.1) is 0 Å².